The van der Waals surface area contributed by atoms with Crippen LogP contribution in [0.5, 0.6) is 0 Å². The number of non-ortho nitro benzene ring substituents is 1. The SMILES string of the molecule is O=C(c1ccc2c(c1)[C@H]1C=CC[C@H]1[C@H](c1ccc([N+](=O)[O-])cc1)N2)N1CCCCCC1. The standard InChI is InChI=1S/C25H27N3O3/c29-25(27-14-3-1-2-4-15-27)18-10-13-23-22(16-18)20-6-5-7-21(20)24(26-23)17-8-11-19(12-9-17)28(30)31/h5-6,8-13,16,20-21,24,26H,1-4,7,14-15H2/t20-,21+,24-/m0/s1. The minimum Gasteiger partial charge on any atom is -0.378 e. The Labute approximate surface area is 182 Å². The van der Waals surface area contributed by atoms with Crippen LogP contribution in [-0.2, 0) is 0 Å². The second-order valence-corrected chi connectivity index (χ2v) is 8.83. The number of nitrogens with zero attached hydrogens (tertiary/aromatic N) is 2. The molecule has 0 unspecified atom stereocenters. The minimum absolute atomic E-state index is 0.0838. The zero-order chi connectivity index (χ0) is 21.4. The average Bonchev–Trinajstić information content (AvgIpc) is 3.13. The number of nitro groups is 1. The molecule has 6 heteroatoms. The van der Waals surface area contributed by atoms with Gasteiger partial charge in [-0.15, -0.1) is 0 Å². The van der Waals surface area contributed by atoms with E-state index in [4.69, 9.17) is 0 Å². The third-order valence-corrected chi connectivity index (χ3v) is 6.97. The van der Waals surface area contributed by atoms with Crippen molar-refractivity contribution in [3.8, 4) is 0 Å². The van der Waals surface area contributed by atoms with E-state index in [0.29, 0.717) is 5.92 Å². The molecule has 1 saturated heterocycles. The normalized spacial score (nSPS) is 24.6. The maximum Gasteiger partial charge on any atom is 0.269 e. The molecule has 1 fully saturated rings. The Morgan fingerprint density at radius 1 is 1.03 bits per heavy atom. The summed E-state index contributed by atoms with van der Waals surface area (Å²) in [6.45, 7) is 1.70. The van der Waals surface area contributed by atoms with E-state index in [9.17, 15) is 14.9 Å². The Balaban J connectivity index is 1.43. The second kappa shape index (κ2) is 8.17. The van der Waals surface area contributed by atoms with Gasteiger partial charge in [-0.05, 0) is 54.5 Å². The van der Waals surface area contributed by atoms with E-state index in [2.05, 4.69) is 23.5 Å². The van der Waals surface area contributed by atoms with Gasteiger partial charge in [-0.2, -0.15) is 0 Å². The number of hydrogen-bond donors (Lipinski definition) is 1. The van der Waals surface area contributed by atoms with Gasteiger partial charge < -0.3 is 10.2 Å². The highest BCUT2D eigenvalue weighted by Crippen LogP contribution is 2.50. The molecule has 0 saturated carbocycles. The van der Waals surface area contributed by atoms with Gasteiger partial charge in [0.05, 0.1) is 11.0 Å². The van der Waals surface area contributed by atoms with Crippen molar-refractivity contribution in [3.05, 3.63) is 81.4 Å². The largest absolute Gasteiger partial charge is 0.378 e. The topological polar surface area (TPSA) is 75.5 Å². The summed E-state index contributed by atoms with van der Waals surface area (Å²) >= 11 is 0. The van der Waals surface area contributed by atoms with Crippen molar-refractivity contribution in [2.24, 2.45) is 5.92 Å². The Kier molecular flexibility index (Phi) is 5.22. The van der Waals surface area contributed by atoms with Crippen molar-refractivity contribution < 1.29 is 9.72 Å². The van der Waals surface area contributed by atoms with E-state index < -0.39 is 0 Å². The molecule has 160 valence electrons. The fourth-order valence-electron chi connectivity index (χ4n) is 5.32. The molecule has 31 heavy (non-hydrogen) atoms. The minimum atomic E-state index is -0.365. The van der Waals surface area contributed by atoms with E-state index >= 15 is 0 Å². The van der Waals surface area contributed by atoms with E-state index in [-0.39, 0.29) is 28.5 Å². The highest BCUT2D eigenvalue weighted by atomic mass is 16.6. The Hall–Kier alpha value is -3.15. The lowest BCUT2D eigenvalue weighted by Crippen LogP contribution is -2.33. The fourth-order valence-corrected chi connectivity index (χ4v) is 5.32. The number of nitro benzene ring substituents is 1. The molecular formula is C25H27N3O3. The molecular weight excluding hydrogens is 390 g/mol. The van der Waals surface area contributed by atoms with Crippen LogP contribution in [0.25, 0.3) is 0 Å². The van der Waals surface area contributed by atoms with E-state index in [0.717, 1.165) is 49.2 Å². The first-order valence-corrected chi connectivity index (χ1v) is 11.2. The van der Waals surface area contributed by atoms with Crippen LogP contribution in [0.2, 0.25) is 0 Å². The highest BCUT2D eigenvalue weighted by Gasteiger charge is 2.38. The summed E-state index contributed by atoms with van der Waals surface area (Å²) in [5.74, 6) is 0.714. The first-order valence-electron chi connectivity index (χ1n) is 11.2. The molecule has 2 heterocycles. The molecule has 0 bridgehead atoms. The second-order valence-electron chi connectivity index (χ2n) is 8.83. The van der Waals surface area contributed by atoms with Crippen LogP contribution in [0.1, 0.15) is 65.5 Å². The van der Waals surface area contributed by atoms with Gasteiger partial charge in [-0.3, -0.25) is 14.9 Å². The zero-order valence-corrected chi connectivity index (χ0v) is 17.5. The summed E-state index contributed by atoms with van der Waals surface area (Å²) < 4.78 is 0. The van der Waals surface area contributed by atoms with Crippen LogP contribution < -0.4 is 5.32 Å². The molecule has 0 aromatic heterocycles. The quantitative estimate of drug-likeness (QED) is 0.410. The fraction of sp³-hybridized carbons (Fsp3) is 0.400. The lowest BCUT2D eigenvalue weighted by molar-refractivity contribution is -0.384. The Bertz CT molecular complexity index is 1020. The number of carbonyl (C=O) groups is 1. The summed E-state index contributed by atoms with van der Waals surface area (Å²) in [5, 5.41) is 14.7. The summed E-state index contributed by atoms with van der Waals surface area (Å²) in [6, 6.07) is 13.0. The molecule has 1 aliphatic carbocycles. The van der Waals surface area contributed by atoms with Crippen LogP contribution >= 0.6 is 0 Å². The number of likely N-dealkylation sites (tertiary alicyclic amines) is 1. The number of rotatable bonds is 3. The number of nitrogens with one attached hydrogen (secondary N) is 1. The van der Waals surface area contributed by atoms with Crippen LogP contribution in [0.15, 0.2) is 54.6 Å². The summed E-state index contributed by atoms with van der Waals surface area (Å²) in [7, 11) is 0. The van der Waals surface area contributed by atoms with E-state index in [1.165, 1.54) is 18.4 Å². The van der Waals surface area contributed by atoms with Gasteiger partial charge in [0.25, 0.3) is 11.6 Å². The number of anilines is 1. The van der Waals surface area contributed by atoms with Crippen LogP contribution in [-0.4, -0.2) is 28.8 Å². The predicted molar refractivity (Wildman–Crippen MR) is 120 cm³/mol. The van der Waals surface area contributed by atoms with Gasteiger partial charge >= 0.3 is 0 Å². The van der Waals surface area contributed by atoms with Gasteiger partial charge in [0.1, 0.15) is 0 Å². The van der Waals surface area contributed by atoms with E-state index in [1.807, 2.05) is 29.2 Å². The number of benzene rings is 2. The van der Waals surface area contributed by atoms with Crippen LogP contribution in [0.3, 0.4) is 0 Å². The number of fused-ring (bicyclic) bond motifs is 3. The van der Waals surface area contributed by atoms with Gasteiger partial charge in [-0.1, -0.05) is 37.1 Å². The zero-order valence-electron chi connectivity index (χ0n) is 17.5. The maximum absolute atomic E-state index is 13.1. The molecule has 0 spiro atoms. The molecule has 2 aromatic rings. The first kappa shape index (κ1) is 19.8. The van der Waals surface area contributed by atoms with Crippen LogP contribution in [0, 0.1) is 16.0 Å². The lowest BCUT2D eigenvalue weighted by Gasteiger charge is -2.37. The van der Waals surface area contributed by atoms with Crippen molar-refractivity contribution in [3.63, 3.8) is 0 Å². The summed E-state index contributed by atoms with van der Waals surface area (Å²) in [4.78, 5) is 25.8. The molecule has 1 N–H and O–H groups in total. The molecule has 2 aromatic carbocycles. The van der Waals surface area contributed by atoms with Crippen LogP contribution in [0.4, 0.5) is 11.4 Å². The molecule has 2 aliphatic heterocycles. The average molecular weight is 418 g/mol. The molecule has 3 aliphatic rings. The number of hydrogen-bond acceptors (Lipinski definition) is 4. The summed E-state index contributed by atoms with van der Waals surface area (Å²) in [5.41, 5.74) is 4.16. The monoisotopic (exact) mass is 417 g/mol. The van der Waals surface area contributed by atoms with Crippen molar-refractivity contribution in [2.75, 3.05) is 18.4 Å². The Morgan fingerprint density at radius 3 is 2.48 bits per heavy atom. The summed E-state index contributed by atoms with van der Waals surface area (Å²) in [6.07, 6.45) is 10.00. The van der Waals surface area contributed by atoms with Gasteiger partial charge in [0.15, 0.2) is 0 Å². The first-order chi connectivity index (χ1) is 15.1. The molecule has 3 atom stereocenters. The van der Waals surface area contributed by atoms with Crippen molar-refractivity contribution in [1.29, 1.82) is 0 Å². The van der Waals surface area contributed by atoms with Crippen molar-refractivity contribution >= 4 is 17.3 Å². The molecule has 5 rings (SSSR count). The molecule has 6 nitrogen and oxygen atoms in total. The van der Waals surface area contributed by atoms with Crippen molar-refractivity contribution in [1.82, 2.24) is 4.90 Å². The number of amides is 1. The Morgan fingerprint density at radius 2 is 1.77 bits per heavy atom. The predicted octanol–water partition coefficient (Wildman–Crippen LogP) is 5.44. The smallest absolute Gasteiger partial charge is 0.269 e. The highest BCUT2D eigenvalue weighted by molar-refractivity contribution is 5.95. The number of allylic oxidation sites excluding steroid dienone is 2. The van der Waals surface area contributed by atoms with Gasteiger partial charge in [-0.25, -0.2) is 0 Å². The molecule has 1 amide bonds. The maximum atomic E-state index is 13.1. The number of carbonyl (C=O) groups excluding carboxylic acids is 1. The van der Waals surface area contributed by atoms with Gasteiger partial charge in [0, 0.05) is 42.4 Å². The molecule has 0 radical (unpaired) electrons. The third kappa shape index (κ3) is 3.71. The lowest BCUT2D eigenvalue weighted by atomic mass is 9.76. The third-order valence-electron chi connectivity index (χ3n) is 6.97. The van der Waals surface area contributed by atoms with E-state index in [1.54, 1.807) is 12.1 Å². The van der Waals surface area contributed by atoms with Crippen molar-refractivity contribution in [2.45, 2.75) is 44.1 Å². The van der Waals surface area contributed by atoms with Gasteiger partial charge in [0.2, 0.25) is 0 Å².